The fraction of sp³-hybridized carbons (Fsp3) is 0.833. The van der Waals surface area contributed by atoms with E-state index in [-0.39, 0.29) is 12.2 Å². The molecular formula is C24H44O3. The van der Waals surface area contributed by atoms with Crippen LogP contribution in [0.2, 0.25) is 0 Å². The van der Waals surface area contributed by atoms with E-state index in [0.717, 1.165) is 12.8 Å². The second-order valence-corrected chi connectivity index (χ2v) is 8.64. The maximum atomic E-state index is 11.8. The van der Waals surface area contributed by atoms with Gasteiger partial charge in [0.2, 0.25) is 0 Å². The van der Waals surface area contributed by atoms with Crippen LogP contribution in [0.4, 0.5) is 0 Å². The summed E-state index contributed by atoms with van der Waals surface area (Å²) in [5.74, 6) is -0.401. The van der Waals surface area contributed by atoms with Crippen molar-refractivity contribution in [1.29, 1.82) is 0 Å². The van der Waals surface area contributed by atoms with Crippen LogP contribution in [0.1, 0.15) is 124 Å². The molecule has 3 nitrogen and oxygen atoms in total. The van der Waals surface area contributed by atoms with Crippen molar-refractivity contribution < 1.29 is 14.3 Å². The van der Waals surface area contributed by atoms with Crippen LogP contribution in [0.3, 0.4) is 0 Å². The molecule has 0 aromatic rings. The van der Waals surface area contributed by atoms with E-state index in [2.05, 4.69) is 19.1 Å². The van der Waals surface area contributed by atoms with Crippen LogP contribution in [-0.2, 0) is 14.3 Å². The van der Waals surface area contributed by atoms with E-state index in [1.807, 2.05) is 20.8 Å². The Bertz CT molecular complexity index is 404. The zero-order valence-electron chi connectivity index (χ0n) is 18.5. The zero-order valence-corrected chi connectivity index (χ0v) is 18.5. The molecule has 0 rings (SSSR count). The summed E-state index contributed by atoms with van der Waals surface area (Å²) >= 11 is 0. The Morgan fingerprint density at radius 1 is 0.741 bits per heavy atom. The van der Waals surface area contributed by atoms with Gasteiger partial charge in [-0.3, -0.25) is 9.59 Å². The van der Waals surface area contributed by atoms with Gasteiger partial charge in [0.15, 0.2) is 0 Å². The van der Waals surface area contributed by atoms with E-state index in [4.69, 9.17) is 4.74 Å². The molecule has 0 aliphatic rings. The molecule has 0 aromatic carbocycles. The van der Waals surface area contributed by atoms with E-state index in [1.165, 1.54) is 70.6 Å². The maximum Gasteiger partial charge on any atom is 0.313 e. The molecule has 0 heterocycles. The molecule has 158 valence electrons. The molecule has 0 saturated carbocycles. The number of hydrogen-bond donors (Lipinski definition) is 0. The predicted molar refractivity (Wildman–Crippen MR) is 115 cm³/mol. The Morgan fingerprint density at radius 2 is 1.22 bits per heavy atom. The van der Waals surface area contributed by atoms with Crippen LogP contribution in [-0.4, -0.2) is 17.4 Å². The number of carbonyl (C=O) groups excluding carboxylic acids is 2. The standard InChI is InChI=1S/C24H44O3/c1-5-6-7-8-9-10-11-12-13-14-15-16-17-18-19-20-22(25)21-23(26)27-24(2,3)4/h12-13H,5-11,14-21H2,1-4H3. The van der Waals surface area contributed by atoms with Gasteiger partial charge in [-0.05, 0) is 52.9 Å². The Labute approximate surface area is 168 Å². The molecule has 0 atom stereocenters. The first-order valence-corrected chi connectivity index (χ1v) is 11.2. The second-order valence-electron chi connectivity index (χ2n) is 8.64. The predicted octanol–water partition coefficient (Wildman–Crippen LogP) is 7.32. The van der Waals surface area contributed by atoms with E-state index < -0.39 is 11.6 Å². The van der Waals surface area contributed by atoms with Crippen molar-refractivity contribution in [3.8, 4) is 0 Å². The number of carbonyl (C=O) groups is 2. The van der Waals surface area contributed by atoms with Gasteiger partial charge in [-0.1, -0.05) is 70.4 Å². The van der Waals surface area contributed by atoms with Crippen LogP contribution < -0.4 is 0 Å². The first-order valence-electron chi connectivity index (χ1n) is 11.2. The van der Waals surface area contributed by atoms with Crippen LogP contribution in [0.15, 0.2) is 12.2 Å². The highest BCUT2D eigenvalue weighted by atomic mass is 16.6. The summed E-state index contributed by atoms with van der Waals surface area (Å²) in [5, 5.41) is 0. The lowest BCUT2D eigenvalue weighted by Crippen LogP contribution is -2.25. The van der Waals surface area contributed by atoms with Crippen LogP contribution in [0.5, 0.6) is 0 Å². The van der Waals surface area contributed by atoms with E-state index in [1.54, 1.807) is 0 Å². The highest BCUT2D eigenvalue weighted by Gasteiger charge is 2.18. The van der Waals surface area contributed by atoms with Crippen LogP contribution >= 0.6 is 0 Å². The molecule has 27 heavy (non-hydrogen) atoms. The molecule has 0 radical (unpaired) electrons. The molecule has 0 unspecified atom stereocenters. The smallest absolute Gasteiger partial charge is 0.313 e. The molecule has 0 bridgehead atoms. The molecule has 0 fully saturated rings. The SMILES string of the molecule is CCCCCCCCC=CCCCCCCCC(=O)CC(=O)OC(C)(C)C. The number of Topliss-reactive ketones (excluding diaryl/α,β-unsaturated/α-hetero) is 1. The van der Waals surface area contributed by atoms with Crippen molar-refractivity contribution in [1.82, 2.24) is 0 Å². The number of esters is 1. The third-order valence-corrected chi connectivity index (χ3v) is 4.48. The monoisotopic (exact) mass is 380 g/mol. The third kappa shape index (κ3) is 21.0. The number of unbranched alkanes of at least 4 members (excludes halogenated alkanes) is 11. The van der Waals surface area contributed by atoms with Gasteiger partial charge in [-0.15, -0.1) is 0 Å². The molecule has 0 amide bonds. The highest BCUT2D eigenvalue weighted by Crippen LogP contribution is 2.12. The van der Waals surface area contributed by atoms with Crippen molar-refractivity contribution in [2.24, 2.45) is 0 Å². The lowest BCUT2D eigenvalue weighted by Gasteiger charge is -2.19. The minimum Gasteiger partial charge on any atom is -0.460 e. The third-order valence-electron chi connectivity index (χ3n) is 4.48. The molecule has 0 spiro atoms. The van der Waals surface area contributed by atoms with E-state index in [0.29, 0.717) is 6.42 Å². The highest BCUT2D eigenvalue weighted by molar-refractivity contribution is 5.95. The van der Waals surface area contributed by atoms with Crippen LogP contribution in [0.25, 0.3) is 0 Å². The van der Waals surface area contributed by atoms with E-state index >= 15 is 0 Å². The zero-order chi connectivity index (χ0) is 20.4. The normalized spacial score (nSPS) is 11.9. The first-order chi connectivity index (χ1) is 12.8. The average Bonchev–Trinajstić information content (AvgIpc) is 2.56. The van der Waals surface area contributed by atoms with Gasteiger partial charge in [-0.2, -0.15) is 0 Å². The number of allylic oxidation sites excluding steroid dienone is 2. The summed E-state index contributed by atoms with van der Waals surface area (Å²) in [7, 11) is 0. The van der Waals surface area contributed by atoms with Crippen molar-refractivity contribution in [3.05, 3.63) is 12.2 Å². The lowest BCUT2D eigenvalue weighted by molar-refractivity contribution is -0.156. The number of hydrogen-bond acceptors (Lipinski definition) is 3. The fourth-order valence-electron chi connectivity index (χ4n) is 3.02. The quantitative estimate of drug-likeness (QED) is 0.115. The van der Waals surface area contributed by atoms with Crippen LogP contribution in [0, 0.1) is 0 Å². The first kappa shape index (κ1) is 25.9. The summed E-state index contributed by atoms with van der Waals surface area (Å²) in [4.78, 5) is 23.3. The maximum absolute atomic E-state index is 11.8. The Balaban J connectivity index is 3.38. The van der Waals surface area contributed by atoms with Gasteiger partial charge < -0.3 is 4.74 Å². The fourth-order valence-corrected chi connectivity index (χ4v) is 3.02. The molecule has 0 aromatic heterocycles. The number of rotatable bonds is 17. The van der Waals surface area contributed by atoms with Crippen molar-refractivity contribution in [2.75, 3.05) is 0 Å². The van der Waals surface area contributed by atoms with Gasteiger partial charge in [0.1, 0.15) is 17.8 Å². The van der Waals surface area contributed by atoms with Gasteiger partial charge in [0.05, 0.1) is 0 Å². The lowest BCUT2D eigenvalue weighted by atomic mass is 10.1. The minimum atomic E-state index is -0.513. The van der Waals surface area contributed by atoms with Crippen molar-refractivity contribution in [3.63, 3.8) is 0 Å². The molecule has 0 N–H and O–H groups in total. The molecular weight excluding hydrogens is 336 g/mol. The second kappa shape index (κ2) is 17.0. The Morgan fingerprint density at radius 3 is 1.74 bits per heavy atom. The number of ether oxygens (including phenoxy) is 1. The molecule has 3 heteroatoms. The van der Waals surface area contributed by atoms with Gasteiger partial charge in [0, 0.05) is 6.42 Å². The van der Waals surface area contributed by atoms with E-state index in [9.17, 15) is 9.59 Å². The summed E-state index contributed by atoms with van der Waals surface area (Å²) in [6, 6.07) is 0. The van der Waals surface area contributed by atoms with Gasteiger partial charge >= 0.3 is 5.97 Å². The molecule has 0 aliphatic carbocycles. The van der Waals surface area contributed by atoms with Gasteiger partial charge in [0.25, 0.3) is 0 Å². The Kier molecular flexibility index (Phi) is 16.3. The molecule has 0 aliphatic heterocycles. The van der Waals surface area contributed by atoms with Crippen molar-refractivity contribution >= 4 is 11.8 Å². The topological polar surface area (TPSA) is 43.4 Å². The Hall–Kier alpha value is -1.12. The average molecular weight is 381 g/mol. The summed E-state index contributed by atoms with van der Waals surface area (Å²) < 4.78 is 5.17. The molecule has 0 saturated heterocycles. The van der Waals surface area contributed by atoms with Gasteiger partial charge in [-0.25, -0.2) is 0 Å². The summed E-state index contributed by atoms with van der Waals surface area (Å²) in [5.41, 5.74) is -0.513. The largest absolute Gasteiger partial charge is 0.460 e. The number of ketones is 1. The minimum absolute atomic E-state index is 0.00174. The summed E-state index contributed by atoms with van der Waals surface area (Å²) in [6.45, 7) is 7.71. The van der Waals surface area contributed by atoms with Crippen molar-refractivity contribution in [2.45, 2.75) is 130 Å². The summed E-state index contributed by atoms with van der Waals surface area (Å²) in [6.07, 6.45) is 21.3.